The Kier molecular flexibility index (Phi) is 5.60. The third kappa shape index (κ3) is 3.96. The summed E-state index contributed by atoms with van der Waals surface area (Å²) in [5.74, 6) is -3.89. The average molecular weight is 441 g/mol. The molecule has 0 spiro atoms. The number of benzene rings is 2. The Morgan fingerprint density at radius 3 is 2.43 bits per heavy atom. The molecular weight excluding hydrogens is 424 g/mol. The largest absolute Gasteiger partial charge is 0.489 e. The Labute approximate surface area is 175 Å². The maximum absolute atomic E-state index is 14.1. The number of nitrogens with one attached hydrogen (secondary N) is 1. The Morgan fingerprint density at radius 1 is 1.03 bits per heavy atom. The van der Waals surface area contributed by atoms with Gasteiger partial charge in [-0.3, -0.25) is 4.79 Å². The van der Waals surface area contributed by atoms with Gasteiger partial charge in [0, 0.05) is 36.2 Å². The molecule has 0 saturated carbocycles. The van der Waals surface area contributed by atoms with Crippen LogP contribution >= 0.6 is 11.6 Å². The molecule has 0 radical (unpaired) electrons. The number of ether oxygens (including phenoxy) is 1. The van der Waals surface area contributed by atoms with Gasteiger partial charge in [0.1, 0.15) is 18.0 Å². The number of amides is 1. The second kappa shape index (κ2) is 8.18. The molecule has 4 nitrogen and oxygen atoms in total. The van der Waals surface area contributed by atoms with Crippen LogP contribution < -0.4 is 15.0 Å². The third-order valence-electron chi connectivity index (χ3n) is 5.17. The lowest BCUT2D eigenvalue weighted by atomic mass is 10.0. The Balaban J connectivity index is 1.47. The van der Waals surface area contributed by atoms with E-state index in [9.17, 15) is 22.4 Å². The number of fused-ring (bicyclic) bond motifs is 1. The normalized spacial score (nSPS) is 16.1. The van der Waals surface area contributed by atoms with Gasteiger partial charge in [-0.05, 0) is 30.5 Å². The zero-order chi connectivity index (χ0) is 21.4. The number of rotatable bonds is 4. The summed E-state index contributed by atoms with van der Waals surface area (Å²) in [5.41, 5.74) is 0.955. The molecule has 30 heavy (non-hydrogen) atoms. The summed E-state index contributed by atoms with van der Waals surface area (Å²) < 4.78 is 61.8. The molecule has 0 aromatic heterocycles. The molecule has 0 fully saturated rings. The van der Waals surface area contributed by atoms with Crippen LogP contribution in [0, 0.1) is 23.3 Å². The molecule has 4 rings (SSSR count). The fourth-order valence-corrected chi connectivity index (χ4v) is 3.83. The van der Waals surface area contributed by atoms with Crippen LogP contribution in [0.4, 0.5) is 28.9 Å². The monoisotopic (exact) mass is 440 g/mol. The molecule has 2 aliphatic heterocycles. The lowest BCUT2D eigenvalue weighted by Gasteiger charge is -2.29. The number of carbonyl (C=O) groups is 1. The fraction of sp³-hybridized carbons (Fsp3) is 0.286. The third-order valence-corrected chi connectivity index (χ3v) is 5.39. The minimum atomic E-state index is -1.11. The number of hydrogen-bond donors (Lipinski definition) is 1. The maximum atomic E-state index is 14.1. The Morgan fingerprint density at radius 2 is 1.77 bits per heavy atom. The van der Waals surface area contributed by atoms with Crippen molar-refractivity contribution in [2.24, 2.45) is 0 Å². The van der Waals surface area contributed by atoms with E-state index in [0.717, 1.165) is 23.8 Å². The van der Waals surface area contributed by atoms with Gasteiger partial charge in [-0.1, -0.05) is 17.7 Å². The molecule has 2 aliphatic rings. The SMILES string of the molecule is O=C1CCc2c(OCC3=CCN(c4c(F)cc(Cl)cc4F)CC3)cc(F)c(F)c2N1. The Bertz CT molecular complexity index is 1030. The van der Waals surface area contributed by atoms with Crippen molar-refractivity contribution in [3.8, 4) is 5.75 Å². The number of hydrogen-bond acceptors (Lipinski definition) is 3. The molecule has 158 valence electrons. The van der Waals surface area contributed by atoms with Crippen molar-refractivity contribution in [3.63, 3.8) is 0 Å². The van der Waals surface area contributed by atoms with E-state index < -0.39 is 23.3 Å². The highest BCUT2D eigenvalue weighted by Gasteiger charge is 2.26. The lowest BCUT2D eigenvalue weighted by Crippen LogP contribution is -2.31. The molecule has 2 aromatic rings. The summed E-state index contributed by atoms with van der Waals surface area (Å²) in [6.07, 6.45) is 2.66. The van der Waals surface area contributed by atoms with Crippen LogP contribution in [0.2, 0.25) is 5.02 Å². The highest BCUT2D eigenvalue weighted by molar-refractivity contribution is 6.30. The summed E-state index contributed by atoms with van der Waals surface area (Å²) in [7, 11) is 0. The Hall–Kier alpha value is -2.74. The highest BCUT2D eigenvalue weighted by Crippen LogP contribution is 2.36. The highest BCUT2D eigenvalue weighted by atomic mass is 35.5. The number of carbonyl (C=O) groups excluding carboxylic acids is 1. The molecule has 0 unspecified atom stereocenters. The second-order valence-corrected chi connectivity index (χ2v) is 7.57. The van der Waals surface area contributed by atoms with Gasteiger partial charge in [0.2, 0.25) is 5.91 Å². The van der Waals surface area contributed by atoms with E-state index in [4.69, 9.17) is 16.3 Å². The summed E-state index contributed by atoms with van der Waals surface area (Å²) in [6, 6.07) is 3.10. The first kappa shape index (κ1) is 20.5. The number of anilines is 2. The van der Waals surface area contributed by atoms with Crippen LogP contribution in [0.3, 0.4) is 0 Å². The topological polar surface area (TPSA) is 41.6 Å². The van der Waals surface area contributed by atoms with Crippen molar-refractivity contribution in [1.29, 1.82) is 0 Å². The zero-order valence-corrected chi connectivity index (χ0v) is 16.5. The van der Waals surface area contributed by atoms with E-state index in [2.05, 4.69) is 5.32 Å². The zero-order valence-electron chi connectivity index (χ0n) is 15.7. The molecule has 0 aliphatic carbocycles. The molecule has 0 bridgehead atoms. The summed E-state index contributed by atoms with van der Waals surface area (Å²) >= 11 is 5.66. The first-order valence-electron chi connectivity index (χ1n) is 9.34. The van der Waals surface area contributed by atoms with Crippen molar-refractivity contribution < 1.29 is 27.1 Å². The van der Waals surface area contributed by atoms with Crippen LogP contribution in [-0.2, 0) is 11.2 Å². The molecule has 1 amide bonds. The van der Waals surface area contributed by atoms with Gasteiger partial charge in [0.15, 0.2) is 23.3 Å². The summed E-state index contributed by atoms with van der Waals surface area (Å²) in [4.78, 5) is 13.1. The first-order valence-corrected chi connectivity index (χ1v) is 9.72. The minimum absolute atomic E-state index is 0.0126. The van der Waals surface area contributed by atoms with Gasteiger partial charge >= 0.3 is 0 Å². The van der Waals surface area contributed by atoms with E-state index in [-0.39, 0.29) is 54.0 Å². The second-order valence-electron chi connectivity index (χ2n) is 7.14. The van der Waals surface area contributed by atoms with E-state index in [1.54, 1.807) is 11.0 Å². The summed E-state index contributed by atoms with van der Waals surface area (Å²) in [5, 5.41) is 2.34. The van der Waals surface area contributed by atoms with Gasteiger partial charge < -0.3 is 15.0 Å². The smallest absolute Gasteiger partial charge is 0.224 e. The van der Waals surface area contributed by atoms with Crippen molar-refractivity contribution in [2.75, 3.05) is 29.9 Å². The maximum Gasteiger partial charge on any atom is 0.224 e. The van der Waals surface area contributed by atoms with E-state index in [1.807, 2.05) is 0 Å². The number of halogens is 5. The predicted molar refractivity (Wildman–Crippen MR) is 105 cm³/mol. The van der Waals surface area contributed by atoms with Crippen LogP contribution in [0.5, 0.6) is 5.75 Å². The first-order chi connectivity index (χ1) is 14.3. The van der Waals surface area contributed by atoms with Crippen molar-refractivity contribution in [1.82, 2.24) is 0 Å². The van der Waals surface area contributed by atoms with E-state index in [1.165, 1.54) is 0 Å². The van der Waals surface area contributed by atoms with Gasteiger partial charge in [0.05, 0.1) is 5.69 Å². The minimum Gasteiger partial charge on any atom is -0.489 e. The molecule has 2 heterocycles. The van der Waals surface area contributed by atoms with E-state index >= 15 is 0 Å². The molecular formula is C21H17ClF4N2O2. The molecule has 9 heteroatoms. The predicted octanol–water partition coefficient (Wildman–Crippen LogP) is 5.00. The van der Waals surface area contributed by atoms with Gasteiger partial charge in [-0.25, -0.2) is 17.6 Å². The average Bonchev–Trinajstić information content (AvgIpc) is 2.70. The van der Waals surface area contributed by atoms with Crippen LogP contribution in [0.1, 0.15) is 18.4 Å². The quantitative estimate of drug-likeness (QED) is 0.537. The standard InChI is InChI=1S/C21H17ClF4N2O2/c22-12-7-15(24)21(16(25)8-12)28-5-3-11(4-6-28)10-30-17-9-14(23)19(26)20-13(17)1-2-18(29)27-20/h3,7-9H,1-2,4-6,10H2,(H,27,29). The van der Waals surface area contributed by atoms with Crippen molar-refractivity contribution >= 4 is 28.9 Å². The van der Waals surface area contributed by atoms with Crippen molar-refractivity contribution in [3.05, 3.63) is 63.7 Å². The summed E-state index contributed by atoms with van der Waals surface area (Å²) in [6.45, 7) is 0.738. The molecule has 0 saturated heterocycles. The molecule has 1 N–H and O–H groups in total. The molecule has 0 atom stereocenters. The van der Waals surface area contributed by atoms with Crippen molar-refractivity contribution in [2.45, 2.75) is 19.3 Å². The van der Waals surface area contributed by atoms with E-state index in [0.29, 0.717) is 18.5 Å². The lowest BCUT2D eigenvalue weighted by molar-refractivity contribution is -0.116. The van der Waals surface area contributed by atoms with Crippen LogP contribution in [0.15, 0.2) is 29.8 Å². The van der Waals surface area contributed by atoms with Gasteiger partial charge in [-0.15, -0.1) is 0 Å². The van der Waals surface area contributed by atoms with Crippen LogP contribution in [0.25, 0.3) is 0 Å². The van der Waals surface area contributed by atoms with Gasteiger partial charge in [-0.2, -0.15) is 0 Å². The van der Waals surface area contributed by atoms with Gasteiger partial charge in [0.25, 0.3) is 0 Å². The molecule has 2 aromatic carbocycles. The van der Waals surface area contributed by atoms with Crippen LogP contribution in [-0.4, -0.2) is 25.6 Å². The fourth-order valence-electron chi connectivity index (χ4n) is 3.64. The number of nitrogens with zero attached hydrogens (tertiary/aromatic N) is 1.